The standard InChI is InChI=1S/C24H27ClN6O2/c1-15-3-6-22(23(25)7-15)17-8-18(10-19(9-17)31-14-26-28-29-31)24(32)27-16(2)11-30-12-20-4-5-21(13-30)33-20/h3,6-10,14,16,20-21H,4-5,11-13H2,1-2H3,(H,27,32). The Balaban J connectivity index is 1.38. The number of tetrazole rings is 1. The zero-order valence-electron chi connectivity index (χ0n) is 18.7. The van der Waals surface area contributed by atoms with Gasteiger partial charge in [-0.1, -0.05) is 23.7 Å². The number of ether oxygens (including phenoxy) is 1. The summed E-state index contributed by atoms with van der Waals surface area (Å²) < 4.78 is 7.46. The van der Waals surface area contributed by atoms with Gasteiger partial charge in [-0.2, -0.15) is 0 Å². The van der Waals surface area contributed by atoms with Gasteiger partial charge in [0.05, 0.1) is 17.9 Å². The Hall–Kier alpha value is -2.81. The fourth-order valence-electron chi connectivity index (χ4n) is 4.75. The molecule has 1 amide bonds. The summed E-state index contributed by atoms with van der Waals surface area (Å²) in [5.41, 5.74) is 3.97. The molecule has 8 nitrogen and oxygen atoms in total. The van der Waals surface area contributed by atoms with Crippen molar-refractivity contribution in [2.45, 2.75) is 44.9 Å². The molecule has 1 aromatic heterocycles. The van der Waals surface area contributed by atoms with Crippen molar-refractivity contribution in [3.63, 3.8) is 0 Å². The number of benzene rings is 2. The van der Waals surface area contributed by atoms with Gasteiger partial charge in [0.25, 0.3) is 5.91 Å². The number of rotatable bonds is 6. The van der Waals surface area contributed by atoms with Gasteiger partial charge >= 0.3 is 0 Å². The van der Waals surface area contributed by atoms with E-state index in [4.69, 9.17) is 16.3 Å². The van der Waals surface area contributed by atoms with Gasteiger partial charge in [-0.25, -0.2) is 4.68 Å². The lowest BCUT2D eigenvalue weighted by molar-refractivity contribution is -0.0399. The van der Waals surface area contributed by atoms with E-state index in [9.17, 15) is 4.79 Å². The molecule has 0 spiro atoms. The van der Waals surface area contributed by atoms with E-state index in [1.165, 1.54) is 11.0 Å². The van der Waals surface area contributed by atoms with E-state index in [1.54, 1.807) is 6.07 Å². The highest BCUT2D eigenvalue weighted by Crippen LogP contribution is 2.31. The lowest BCUT2D eigenvalue weighted by Crippen LogP contribution is -2.49. The Morgan fingerprint density at radius 1 is 1.21 bits per heavy atom. The van der Waals surface area contributed by atoms with Crippen LogP contribution in [-0.4, -0.2) is 68.9 Å². The molecule has 2 aliphatic heterocycles. The van der Waals surface area contributed by atoms with Gasteiger partial charge in [0.15, 0.2) is 0 Å². The number of carbonyl (C=O) groups excluding carboxylic acids is 1. The molecule has 3 aromatic rings. The number of hydrogen-bond acceptors (Lipinski definition) is 6. The first-order valence-electron chi connectivity index (χ1n) is 11.3. The van der Waals surface area contributed by atoms with Crippen molar-refractivity contribution in [3.8, 4) is 16.8 Å². The summed E-state index contributed by atoms with van der Waals surface area (Å²) in [6, 6.07) is 11.5. The van der Waals surface area contributed by atoms with Gasteiger partial charge in [0.1, 0.15) is 6.33 Å². The molecule has 5 rings (SSSR count). The van der Waals surface area contributed by atoms with Crippen molar-refractivity contribution < 1.29 is 9.53 Å². The van der Waals surface area contributed by atoms with Crippen molar-refractivity contribution in [2.24, 2.45) is 0 Å². The number of nitrogens with zero attached hydrogens (tertiary/aromatic N) is 5. The number of aromatic nitrogens is 4. The molecule has 3 unspecified atom stereocenters. The molecule has 2 aliphatic rings. The van der Waals surface area contributed by atoms with Crippen LogP contribution < -0.4 is 5.32 Å². The van der Waals surface area contributed by atoms with Crippen LogP contribution in [0.4, 0.5) is 0 Å². The van der Waals surface area contributed by atoms with Crippen molar-refractivity contribution >= 4 is 17.5 Å². The summed E-state index contributed by atoms with van der Waals surface area (Å²) in [6.07, 6.45) is 4.45. The molecular formula is C24H27ClN6O2. The molecule has 33 heavy (non-hydrogen) atoms. The Morgan fingerprint density at radius 2 is 2.00 bits per heavy atom. The summed E-state index contributed by atoms with van der Waals surface area (Å²) in [4.78, 5) is 15.6. The second-order valence-electron chi connectivity index (χ2n) is 9.06. The summed E-state index contributed by atoms with van der Waals surface area (Å²) in [5.74, 6) is -0.141. The highest BCUT2D eigenvalue weighted by Gasteiger charge is 2.34. The molecule has 0 saturated carbocycles. The Kier molecular flexibility index (Phi) is 6.14. The average Bonchev–Trinajstić information content (AvgIpc) is 3.43. The molecule has 1 N–H and O–H groups in total. The monoisotopic (exact) mass is 466 g/mol. The third-order valence-electron chi connectivity index (χ3n) is 6.26. The highest BCUT2D eigenvalue weighted by molar-refractivity contribution is 6.33. The number of carbonyl (C=O) groups is 1. The van der Waals surface area contributed by atoms with E-state index in [0.717, 1.165) is 49.2 Å². The first kappa shape index (κ1) is 22.0. The minimum absolute atomic E-state index is 0.00175. The van der Waals surface area contributed by atoms with E-state index in [2.05, 4.69) is 25.7 Å². The van der Waals surface area contributed by atoms with E-state index >= 15 is 0 Å². The molecule has 2 aromatic carbocycles. The Bertz CT molecular complexity index is 1140. The molecule has 0 radical (unpaired) electrons. The number of likely N-dealkylation sites (tertiary alicyclic amines) is 1. The van der Waals surface area contributed by atoms with Gasteiger partial charge < -0.3 is 10.1 Å². The summed E-state index contributed by atoms with van der Waals surface area (Å²) >= 11 is 6.53. The Labute approximate surface area is 197 Å². The van der Waals surface area contributed by atoms with Crippen LogP contribution >= 0.6 is 11.6 Å². The molecular weight excluding hydrogens is 440 g/mol. The molecule has 2 fully saturated rings. The number of amides is 1. The highest BCUT2D eigenvalue weighted by atomic mass is 35.5. The lowest BCUT2D eigenvalue weighted by atomic mass is 10.00. The molecule has 3 atom stereocenters. The number of morpholine rings is 1. The lowest BCUT2D eigenvalue weighted by Gasteiger charge is -2.33. The van der Waals surface area contributed by atoms with Crippen LogP contribution in [0.15, 0.2) is 42.7 Å². The van der Waals surface area contributed by atoms with Crippen molar-refractivity contribution in [3.05, 3.63) is 58.9 Å². The van der Waals surface area contributed by atoms with Crippen LogP contribution in [-0.2, 0) is 4.74 Å². The molecule has 3 heterocycles. The maximum Gasteiger partial charge on any atom is 0.251 e. The number of halogens is 1. The summed E-state index contributed by atoms with van der Waals surface area (Å²) in [5, 5.41) is 15.2. The summed E-state index contributed by atoms with van der Waals surface area (Å²) in [6.45, 7) is 6.69. The first-order chi connectivity index (χ1) is 15.9. The predicted molar refractivity (Wildman–Crippen MR) is 126 cm³/mol. The van der Waals surface area contributed by atoms with Gasteiger partial charge in [-0.3, -0.25) is 9.69 Å². The maximum atomic E-state index is 13.2. The van der Waals surface area contributed by atoms with E-state index < -0.39 is 0 Å². The number of aryl methyl sites for hydroxylation is 1. The van der Waals surface area contributed by atoms with Crippen molar-refractivity contribution in [1.29, 1.82) is 0 Å². The third kappa shape index (κ3) is 4.93. The van der Waals surface area contributed by atoms with Crippen LogP contribution in [0.1, 0.15) is 35.7 Å². The van der Waals surface area contributed by atoms with Crippen LogP contribution in [0.2, 0.25) is 5.02 Å². The largest absolute Gasteiger partial charge is 0.372 e. The summed E-state index contributed by atoms with van der Waals surface area (Å²) in [7, 11) is 0. The van der Waals surface area contributed by atoms with Crippen LogP contribution in [0.5, 0.6) is 0 Å². The zero-order valence-corrected chi connectivity index (χ0v) is 19.5. The maximum absolute atomic E-state index is 13.2. The van der Waals surface area contributed by atoms with E-state index in [0.29, 0.717) is 28.5 Å². The minimum Gasteiger partial charge on any atom is -0.372 e. The SMILES string of the molecule is Cc1ccc(-c2cc(C(=O)NC(C)CN3CC4CCC(C3)O4)cc(-n3cnnn3)c2)c(Cl)c1. The number of nitrogens with one attached hydrogen (secondary N) is 1. The van der Waals surface area contributed by atoms with E-state index in [1.807, 2.05) is 44.2 Å². The second-order valence-corrected chi connectivity index (χ2v) is 9.46. The molecule has 9 heteroatoms. The normalized spacial score (nSPS) is 21.2. The van der Waals surface area contributed by atoms with Crippen LogP contribution in [0.3, 0.4) is 0 Å². The van der Waals surface area contributed by atoms with Gasteiger partial charge in [0.2, 0.25) is 0 Å². The Morgan fingerprint density at radius 3 is 2.70 bits per heavy atom. The molecule has 172 valence electrons. The van der Waals surface area contributed by atoms with Crippen molar-refractivity contribution in [1.82, 2.24) is 30.4 Å². The molecule has 2 saturated heterocycles. The van der Waals surface area contributed by atoms with Gasteiger partial charge in [-0.05, 0) is 72.5 Å². The van der Waals surface area contributed by atoms with E-state index in [-0.39, 0.29) is 11.9 Å². The minimum atomic E-state index is -0.141. The van der Waals surface area contributed by atoms with Crippen LogP contribution in [0, 0.1) is 6.92 Å². The van der Waals surface area contributed by atoms with Gasteiger partial charge in [-0.15, -0.1) is 5.10 Å². The zero-order chi connectivity index (χ0) is 22.9. The first-order valence-corrected chi connectivity index (χ1v) is 11.7. The number of fused-ring (bicyclic) bond motifs is 2. The molecule has 0 aliphatic carbocycles. The fourth-order valence-corrected chi connectivity index (χ4v) is 5.10. The quantitative estimate of drug-likeness (QED) is 0.600. The second kappa shape index (κ2) is 9.21. The van der Waals surface area contributed by atoms with Crippen LogP contribution in [0.25, 0.3) is 16.8 Å². The third-order valence-corrected chi connectivity index (χ3v) is 6.57. The fraction of sp³-hybridized carbons (Fsp3) is 0.417. The topological polar surface area (TPSA) is 85.2 Å². The average molecular weight is 467 g/mol. The smallest absolute Gasteiger partial charge is 0.251 e. The predicted octanol–water partition coefficient (Wildman–Crippen LogP) is 3.27. The van der Waals surface area contributed by atoms with Gasteiger partial charge in [0, 0.05) is 41.8 Å². The van der Waals surface area contributed by atoms with Crippen molar-refractivity contribution in [2.75, 3.05) is 19.6 Å². The number of hydrogen-bond donors (Lipinski definition) is 1. The molecule has 2 bridgehead atoms.